The summed E-state index contributed by atoms with van der Waals surface area (Å²) in [4.78, 5) is 12.1. The first-order valence-corrected chi connectivity index (χ1v) is 12.8. The number of fused-ring (bicyclic) bond motifs is 5. The van der Waals surface area contributed by atoms with E-state index in [9.17, 15) is 4.79 Å². The lowest BCUT2D eigenvalue weighted by atomic mass is 9.45. The molecule has 4 aliphatic rings. The van der Waals surface area contributed by atoms with Crippen molar-refractivity contribution in [1.82, 2.24) is 5.32 Å². The fourth-order valence-corrected chi connectivity index (χ4v) is 7.94. The van der Waals surface area contributed by atoms with Crippen LogP contribution in [0.15, 0.2) is 24.3 Å². The van der Waals surface area contributed by atoms with Crippen LogP contribution in [0.25, 0.3) is 0 Å². The summed E-state index contributed by atoms with van der Waals surface area (Å²) >= 11 is 0. The Morgan fingerprint density at radius 1 is 1.03 bits per heavy atom. The van der Waals surface area contributed by atoms with Crippen molar-refractivity contribution in [3.8, 4) is 5.75 Å². The molecule has 8 unspecified atom stereocenters. The minimum absolute atomic E-state index is 0.270. The number of rotatable bonds is 2. The lowest BCUT2D eigenvalue weighted by Crippen LogP contribution is -2.62. The summed E-state index contributed by atoms with van der Waals surface area (Å²) < 4.78 is 6.49. The number of piperidine rings is 1. The summed E-state index contributed by atoms with van der Waals surface area (Å²) in [6, 6.07) is 8.93. The normalized spacial score (nSPS) is 43.5. The Bertz CT molecular complexity index is 789. The third-order valence-corrected chi connectivity index (χ3v) is 9.52. The fourth-order valence-electron chi connectivity index (χ4n) is 7.94. The Labute approximate surface area is 189 Å². The van der Waals surface area contributed by atoms with Crippen LogP contribution in [-0.4, -0.2) is 18.1 Å². The zero-order valence-corrected chi connectivity index (χ0v) is 20.5. The molecular formula is C28H43NO2. The lowest BCUT2D eigenvalue weighted by molar-refractivity contribution is -0.141. The molecule has 1 amide bonds. The Kier molecular flexibility index (Phi) is 6.18. The number of carbonyl (C=O) groups is 1. The highest BCUT2D eigenvalue weighted by molar-refractivity contribution is 5.77. The van der Waals surface area contributed by atoms with Crippen LogP contribution in [0.5, 0.6) is 5.75 Å². The molecule has 3 saturated carbocycles. The molecule has 1 N–H and O–H groups in total. The number of benzene rings is 1. The van der Waals surface area contributed by atoms with Crippen LogP contribution < -0.4 is 10.1 Å². The minimum Gasteiger partial charge on any atom is -0.490 e. The number of hydrogen-bond donors (Lipinski definition) is 1. The first kappa shape index (κ1) is 22.7. The first-order valence-electron chi connectivity index (χ1n) is 12.8. The second-order valence-electron chi connectivity index (χ2n) is 11.3. The van der Waals surface area contributed by atoms with Gasteiger partial charge in [0, 0.05) is 12.5 Å². The van der Waals surface area contributed by atoms with Crippen LogP contribution in [0.4, 0.5) is 0 Å². The molecule has 0 aromatic heterocycles. The molecule has 8 atom stereocenters. The summed E-state index contributed by atoms with van der Waals surface area (Å²) in [5.74, 6) is 4.25. The average Bonchev–Trinajstić information content (AvgIpc) is 3.08. The van der Waals surface area contributed by atoms with E-state index in [-0.39, 0.29) is 11.3 Å². The van der Waals surface area contributed by atoms with E-state index in [1.807, 2.05) is 13.8 Å². The number of nitrogens with one attached hydrogen (secondary N) is 1. The summed E-state index contributed by atoms with van der Waals surface area (Å²) in [7, 11) is 0. The Morgan fingerprint density at radius 3 is 2.45 bits per heavy atom. The van der Waals surface area contributed by atoms with E-state index in [1.54, 1.807) is 0 Å². The zero-order valence-electron chi connectivity index (χ0n) is 20.5. The molecule has 1 saturated heterocycles. The number of ether oxygens (including phenoxy) is 1. The smallest absolute Gasteiger partial charge is 0.220 e. The van der Waals surface area contributed by atoms with Gasteiger partial charge in [-0.05, 0) is 92.1 Å². The second kappa shape index (κ2) is 8.45. The molecule has 172 valence electrons. The number of aryl methyl sites for hydroxylation is 1. The average molecular weight is 426 g/mol. The van der Waals surface area contributed by atoms with Gasteiger partial charge in [-0.2, -0.15) is 0 Å². The van der Waals surface area contributed by atoms with E-state index in [0.717, 1.165) is 36.3 Å². The Balaban J connectivity index is 0.00000112. The van der Waals surface area contributed by atoms with Gasteiger partial charge in [0.25, 0.3) is 0 Å². The Hall–Kier alpha value is -1.51. The van der Waals surface area contributed by atoms with Gasteiger partial charge in [-0.25, -0.2) is 0 Å². The van der Waals surface area contributed by atoms with Crippen molar-refractivity contribution in [2.45, 2.75) is 98.6 Å². The third-order valence-electron chi connectivity index (χ3n) is 9.52. The molecule has 4 fully saturated rings. The van der Waals surface area contributed by atoms with Crippen LogP contribution in [-0.2, 0) is 4.79 Å². The first-order chi connectivity index (χ1) is 14.8. The molecule has 0 bridgehead atoms. The Morgan fingerprint density at radius 2 is 1.74 bits per heavy atom. The van der Waals surface area contributed by atoms with Crippen molar-refractivity contribution >= 4 is 5.91 Å². The van der Waals surface area contributed by atoms with Gasteiger partial charge in [0.15, 0.2) is 0 Å². The van der Waals surface area contributed by atoms with Gasteiger partial charge in [-0.1, -0.05) is 52.3 Å². The standard InChI is InChI=1S/C26H37NO2.C2H6/c1-16-5-7-18(8-6-16)29-19-14-21-24-17(2)13-22-26(4,12-10-23(28)27-22)20(24)9-11-25(21,3)15-19;1-2/h5-8,17,19-22,24H,9-15H2,1-4H3,(H,27,28);1-2H3. The molecule has 1 aromatic rings. The topological polar surface area (TPSA) is 38.3 Å². The summed E-state index contributed by atoms with van der Waals surface area (Å²) in [5.41, 5.74) is 1.97. The van der Waals surface area contributed by atoms with Crippen LogP contribution in [0.1, 0.15) is 85.1 Å². The second-order valence-corrected chi connectivity index (χ2v) is 11.3. The molecule has 3 heteroatoms. The summed E-state index contributed by atoms with van der Waals surface area (Å²) in [5, 5.41) is 3.37. The van der Waals surface area contributed by atoms with E-state index in [1.165, 1.54) is 31.2 Å². The molecule has 31 heavy (non-hydrogen) atoms. The van der Waals surface area contributed by atoms with Crippen LogP contribution in [0.3, 0.4) is 0 Å². The van der Waals surface area contributed by atoms with Gasteiger partial charge in [0.05, 0.1) is 6.10 Å². The molecule has 1 heterocycles. The molecular weight excluding hydrogens is 382 g/mol. The van der Waals surface area contributed by atoms with Crippen LogP contribution in [0.2, 0.25) is 0 Å². The molecule has 0 radical (unpaired) electrons. The summed E-state index contributed by atoms with van der Waals surface area (Å²) in [6.07, 6.45) is 8.31. The van der Waals surface area contributed by atoms with E-state index < -0.39 is 0 Å². The quantitative estimate of drug-likeness (QED) is 0.584. The molecule has 3 nitrogen and oxygen atoms in total. The number of hydrogen-bond acceptors (Lipinski definition) is 2. The molecule has 0 spiro atoms. The highest BCUT2D eigenvalue weighted by atomic mass is 16.5. The predicted octanol–water partition coefficient (Wildman–Crippen LogP) is 6.54. The highest BCUT2D eigenvalue weighted by Gasteiger charge is 2.61. The van der Waals surface area contributed by atoms with E-state index in [4.69, 9.17) is 4.74 Å². The van der Waals surface area contributed by atoms with Crippen molar-refractivity contribution in [3.63, 3.8) is 0 Å². The fraction of sp³-hybridized carbons (Fsp3) is 0.750. The van der Waals surface area contributed by atoms with Gasteiger partial charge in [-0.15, -0.1) is 0 Å². The van der Waals surface area contributed by atoms with Crippen molar-refractivity contribution in [2.24, 2.45) is 34.5 Å². The van der Waals surface area contributed by atoms with Crippen LogP contribution >= 0.6 is 0 Å². The van der Waals surface area contributed by atoms with Gasteiger partial charge in [0.2, 0.25) is 5.91 Å². The van der Waals surface area contributed by atoms with Gasteiger partial charge < -0.3 is 10.1 Å². The van der Waals surface area contributed by atoms with E-state index in [2.05, 4.69) is 57.3 Å². The van der Waals surface area contributed by atoms with Gasteiger partial charge in [-0.3, -0.25) is 4.79 Å². The number of carbonyl (C=O) groups excluding carboxylic acids is 1. The highest BCUT2D eigenvalue weighted by Crippen LogP contribution is 2.65. The number of amides is 1. The predicted molar refractivity (Wildman–Crippen MR) is 127 cm³/mol. The largest absolute Gasteiger partial charge is 0.490 e. The van der Waals surface area contributed by atoms with Crippen molar-refractivity contribution in [1.29, 1.82) is 0 Å². The molecule has 1 aliphatic heterocycles. The lowest BCUT2D eigenvalue weighted by Gasteiger charge is -2.61. The SMILES string of the molecule is CC.Cc1ccc(OC2CC3C4C(C)CC5NC(=O)CCC5(C)C4CCC3(C)C2)cc1. The molecule has 5 rings (SSSR count). The summed E-state index contributed by atoms with van der Waals surface area (Å²) in [6.45, 7) is 13.6. The van der Waals surface area contributed by atoms with Crippen LogP contribution in [0, 0.1) is 41.4 Å². The van der Waals surface area contributed by atoms with Crippen molar-refractivity contribution < 1.29 is 9.53 Å². The van der Waals surface area contributed by atoms with Gasteiger partial charge in [0.1, 0.15) is 5.75 Å². The molecule has 1 aromatic carbocycles. The minimum atomic E-state index is 0.270. The van der Waals surface area contributed by atoms with E-state index in [0.29, 0.717) is 29.9 Å². The molecule has 3 aliphatic carbocycles. The maximum absolute atomic E-state index is 12.1. The van der Waals surface area contributed by atoms with E-state index >= 15 is 0 Å². The maximum atomic E-state index is 12.1. The zero-order chi connectivity index (χ0) is 22.4. The van der Waals surface area contributed by atoms with Gasteiger partial charge >= 0.3 is 0 Å². The van der Waals surface area contributed by atoms with Crippen molar-refractivity contribution in [2.75, 3.05) is 0 Å². The van der Waals surface area contributed by atoms with Crippen molar-refractivity contribution in [3.05, 3.63) is 29.8 Å². The third kappa shape index (κ3) is 3.91. The monoisotopic (exact) mass is 425 g/mol. The maximum Gasteiger partial charge on any atom is 0.220 e.